The van der Waals surface area contributed by atoms with Gasteiger partial charge in [0.25, 0.3) is 5.69 Å². The summed E-state index contributed by atoms with van der Waals surface area (Å²) in [6.45, 7) is 3.69. The van der Waals surface area contributed by atoms with E-state index < -0.39 is 16.6 Å². The van der Waals surface area contributed by atoms with Crippen LogP contribution in [0.2, 0.25) is 0 Å². The van der Waals surface area contributed by atoms with Crippen LogP contribution in [0.4, 0.5) is 5.69 Å². The molecule has 1 aliphatic heterocycles. The Bertz CT molecular complexity index is 596. The van der Waals surface area contributed by atoms with Crippen molar-refractivity contribution >= 4 is 5.69 Å². The van der Waals surface area contributed by atoms with Crippen molar-refractivity contribution in [2.45, 2.75) is 69.7 Å². The third-order valence-electron chi connectivity index (χ3n) is 4.96. The van der Waals surface area contributed by atoms with E-state index in [4.69, 9.17) is 4.74 Å². The average Bonchev–Trinajstić information content (AvgIpc) is 2.52. The van der Waals surface area contributed by atoms with Gasteiger partial charge in [-0.25, -0.2) is 0 Å². The van der Waals surface area contributed by atoms with Gasteiger partial charge in [0.1, 0.15) is 17.5 Å². The third kappa shape index (κ3) is 3.19. The molecule has 1 heterocycles. The topological polar surface area (TPSA) is 84.6 Å². The quantitative estimate of drug-likeness (QED) is 0.660. The fourth-order valence-electron chi connectivity index (χ4n) is 3.60. The van der Waals surface area contributed by atoms with Crippen molar-refractivity contribution in [2.24, 2.45) is 0 Å². The molecule has 3 rings (SSSR count). The van der Waals surface area contributed by atoms with Crippen LogP contribution in [0.1, 0.15) is 57.6 Å². The van der Waals surface area contributed by atoms with Crippen molar-refractivity contribution < 1.29 is 14.8 Å². The van der Waals surface area contributed by atoms with E-state index in [1.807, 2.05) is 13.8 Å². The minimum atomic E-state index is -0.765. The van der Waals surface area contributed by atoms with Gasteiger partial charge in [-0.15, -0.1) is 0 Å². The second-order valence-electron chi connectivity index (χ2n) is 7.11. The molecule has 0 radical (unpaired) electrons. The van der Waals surface area contributed by atoms with Gasteiger partial charge in [0.15, 0.2) is 0 Å². The molecule has 1 fully saturated rings. The monoisotopic (exact) mass is 320 g/mol. The molecule has 0 saturated heterocycles. The van der Waals surface area contributed by atoms with Crippen LogP contribution in [-0.4, -0.2) is 27.8 Å². The van der Waals surface area contributed by atoms with E-state index in [0.29, 0.717) is 17.4 Å². The Morgan fingerprint density at radius 1 is 1.30 bits per heavy atom. The molecule has 0 unspecified atom stereocenters. The number of rotatable bonds is 3. The molecule has 0 spiro atoms. The number of nitro groups is 1. The Labute approximate surface area is 136 Å². The number of nitrogens with one attached hydrogen (secondary N) is 1. The van der Waals surface area contributed by atoms with Crippen LogP contribution in [0.15, 0.2) is 18.2 Å². The molecular formula is C17H24N2O4. The van der Waals surface area contributed by atoms with Crippen LogP contribution < -0.4 is 10.1 Å². The number of aliphatic hydroxyl groups excluding tert-OH is 1. The van der Waals surface area contributed by atoms with Gasteiger partial charge >= 0.3 is 0 Å². The minimum absolute atomic E-state index is 0.0229. The number of hydrogen-bond donors (Lipinski definition) is 2. The van der Waals surface area contributed by atoms with Gasteiger partial charge in [-0.1, -0.05) is 19.3 Å². The zero-order chi connectivity index (χ0) is 16.6. The maximum Gasteiger partial charge on any atom is 0.270 e. The summed E-state index contributed by atoms with van der Waals surface area (Å²) < 4.78 is 5.87. The first-order valence-corrected chi connectivity index (χ1v) is 8.30. The van der Waals surface area contributed by atoms with Crippen molar-refractivity contribution in [1.29, 1.82) is 0 Å². The molecule has 0 bridgehead atoms. The number of non-ortho nitro benzene ring substituents is 1. The van der Waals surface area contributed by atoms with E-state index in [1.165, 1.54) is 31.4 Å². The average molecular weight is 320 g/mol. The largest absolute Gasteiger partial charge is 0.485 e. The number of fused-ring (bicyclic) bond motifs is 1. The van der Waals surface area contributed by atoms with Gasteiger partial charge in [-0.05, 0) is 32.8 Å². The maximum atomic E-state index is 11.1. The molecule has 23 heavy (non-hydrogen) atoms. The number of benzene rings is 1. The van der Waals surface area contributed by atoms with Gasteiger partial charge < -0.3 is 15.2 Å². The smallest absolute Gasteiger partial charge is 0.270 e. The summed E-state index contributed by atoms with van der Waals surface area (Å²) in [7, 11) is 0. The van der Waals surface area contributed by atoms with Crippen LogP contribution in [0, 0.1) is 10.1 Å². The minimum Gasteiger partial charge on any atom is -0.485 e. The summed E-state index contributed by atoms with van der Waals surface area (Å²) in [5, 5.41) is 25.4. The van der Waals surface area contributed by atoms with Gasteiger partial charge in [-0.2, -0.15) is 0 Å². The van der Waals surface area contributed by atoms with Crippen LogP contribution in [-0.2, 0) is 0 Å². The van der Waals surface area contributed by atoms with Crippen molar-refractivity contribution in [1.82, 2.24) is 5.32 Å². The lowest BCUT2D eigenvalue weighted by Crippen LogP contribution is -2.54. The van der Waals surface area contributed by atoms with Crippen LogP contribution in [0.3, 0.4) is 0 Å². The van der Waals surface area contributed by atoms with E-state index >= 15 is 0 Å². The SMILES string of the molecule is CC1(C)Oc2ccc([N+](=O)[O-])cc2[C@@H](NC2CCCCC2)[C@@H]1O. The summed E-state index contributed by atoms with van der Waals surface area (Å²) in [5.41, 5.74) is -0.0403. The Kier molecular flexibility index (Phi) is 4.29. The highest BCUT2D eigenvalue weighted by Gasteiger charge is 2.44. The molecule has 6 nitrogen and oxygen atoms in total. The fourth-order valence-corrected chi connectivity index (χ4v) is 3.60. The van der Waals surface area contributed by atoms with Gasteiger partial charge in [0.05, 0.1) is 11.0 Å². The second kappa shape index (κ2) is 6.09. The van der Waals surface area contributed by atoms with Gasteiger partial charge in [0.2, 0.25) is 0 Å². The normalized spacial score (nSPS) is 27.1. The molecule has 2 atom stereocenters. The first kappa shape index (κ1) is 16.2. The highest BCUT2D eigenvalue weighted by molar-refractivity contribution is 5.48. The van der Waals surface area contributed by atoms with E-state index in [-0.39, 0.29) is 11.7 Å². The molecule has 1 aromatic carbocycles. The van der Waals surface area contributed by atoms with Crippen molar-refractivity contribution in [3.8, 4) is 5.75 Å². The molecule has 2 N–H and O–H groups in total. The zero-order valence-electron chi connectivity index (χ0n) is 13.6. The van der Waals surface area contributed by atoms with Crippen molar-refractivity contribution in [3.05, 3.63) is 33.9 Å². The molecule has 1 aromatic rings. The first-order chi connectivity index (χ1) is 10.9. The standard InChI is InChI=1S/C17H24N2O4/c1-17(2)16(20)15(18-11-6-4-3-5-7-11)13-10-12(19(21)22)8-9-14(13)23-17/h8-11,15-16,18,20H,3-7H2,1-2H3/t15-,16+/m1/s1. The summed E-state index contributed by atoms with van der Waals surface area (Å²) in [6.07, 6.45) is 5.01. The highest BCUT2D eigenvalue weighted by atomic mass is 16.6. The number of nitro benzene ring substituents is 1. The van der Waals surface area contributed by atoms with Crippen LogP contribution in [0.25, 0.3) is 0 Å². The summed E-state index contributed by atoms with van der Waals surface area (Å²) in [4.78, 5) is 10.7. The van der Waals surface area contributed by atoms with Crippen LogP contribution >= 0.6 is 0 Å². The lowest BCUT2D eigenvalue weighted by atomic mass is 9.84. The van der Waals surface area contributed by atoms with E-state index in [2.05, 4.69) is 5.32 Å². The highest BCUT2D eigenvalue weighted by Crippen LogP contribution is 2.42. The van der Waals surface area contributed by atoms with E-state index in [9.17, 15) is 15.2 Å². The Morgan fingerprint density at radius 2 is 2.00 bits per heavy atom. The van der Waals surface area contributed by atoms with Crippen LogP contribution in [0.5, 0.6) is 5.75 Å². The Balaban J connectivity index is 1.95. The number of nitrogens with zero attached hydrogens (tertiary/aromatic N) is 1. The number of hydrogen-bond acceptors (Lipinski definition) is 5. The second-order valence-corrected chi connectivity index (χ2v) is 7.11. The number of aliphatic hydroxyl groups is 1. The Hall–Kier alpha value is -1.66. The molecule has 1 saturated carbocycles. The predicted octanol–water partition coefficient (Wildman–Crippen LogP) is 3.09. The summed E-state index contributed by atoms with van der Waals surface area (Å²) in [5.74, 6) is 0.610. The first-order valence-electron chi connectivity index (χ1n) is 8.30. The summed E-state index contributed by atoms with van der Waals surface area (Å²) in [6, 6.07) is 4.59. The molecule has 126 valence electrons. The lowest BCUT2D eigenvalue weighted by molar-refractivity contribution is -0.385. The zero-order valence-corrected chi connectivity index (χ0v) is 13.6. The fraction of sp³-hybridized carbons (Fsp3) is 0.647. The molecule has 1 aliphatic carbocycles. The predicted molar refractivity (Wildman–Crippen MR) is 86.6 cm³/mol. The van der Waals surface area contributed by atoms with Gasteiger partial charge in [-0.3, -0.25) is 10.1 Å². The van der Waals surface area contributed by atoms with Crippen molar-refractivity contribution in [2.75, 3.05) is 0 Å². The van der Waals surface area contributed by atoms with Crippen molar-refractivity contribution in [3.63, 3.8) is 0 Å². The summed E-state index contributed by atoms with van der Waals surface area (Å²) >= 11 is 0. The van der Waals surface area contributed by atoms with E-state index in [0.717, 1.165) is 12.8 Å². The molecule has 0 aromatic heterocycles. The Morgan fingerprint density at radius 3 is 2.65 bits per heavy atom. The molecule has 6 heteroatoms. The lowest BCUT2D eigenvalue weighted by Gasteiger charge is -2.43. The van der Waals surface area contributed by atoms with E-state index in [1.54, 1.807) is 6.07 Å². The number of ether oxygens (including phenoxy) is 1. The molecule has 0 amide bonds. The maximum absolute atomic E-state index is 11.1. The molecule has 2 aliphatic rings. The third-order valence-corrected chi connectivity index (χ3v) is 4.96. The molecular weight excluding hydrogens is 296 g/mol. The van der Waals surface area contributed by atoms with Gasteiger partial charge in [0, 0.05) is 23.7 Å².